The van der Waals surface area contributed by atoms with Crippen molar-refractivity contribution in [2.45, 2.75) is 11.4 Å². The van der Waals surface area contributed by atoms with Gasteiger partial charge in [-0.25, -0.2) is 0 Å². The van der Waals surface area contributed by atoms with Crippen molar-refractivity contribution >= 4 is 47.1 Å². The van der Waals surface area contributed by atoms with Gasteiger partial charge in [-0.1, -0.05) is 23.7 Å². The van der Waals surface area contributed by atoms with Crippen LogP contribution in [0, 0.1) is 10.1 Å². The lowest BCUT2D eigenvalue weighted by Gasteiger charge is -2.09. The second-order valence-corrected chi connectivity index (χ2v) is 6.16. The molecule has 0 aliphatic heterocycles. The molecule has 0 aromatic heterocycles. The summed E-state index contributed by atoms with van der Waals surface area (Å²) in [6, 6.07) is 12.9. The fourth-order valence-electron chi connectivity index (χ4n) is 2.02. The number of nitro benzene ring substituents is 1. The van der Waals surface area contributed by atoms with E-state index in [1.54, 1.807) is 17.8 Å². The van der Waals surface area contributed by atoms with Gasteiger partial charge >= 0.3 is 0 Å². The third kappa shape index (κ3) is 6.20. The predicted octanol–water partition coefficient (Wildman–Crippen LogP) is 4.59. The van der Waals surface area contributed by atoms with E-state index in [9.17, 15) is 10.1 Å². The van der Waals surface area contributed by atoms with Crippen molar-refractivity contribution in [2.24, 2.45) is 0 Å². The summed E-state index contributed by atoms with van der Waals surface area (Å²) in [6.45, 7) is 2.24. The molecule has 5 nitrogen and oxygen atoms in total. The number of halogens is 2. The number of nitrogens with one attached hydrogen (secondary N) is 2. The van der Waals surface area contributed by atoms with Gasteiger partial charge in [-0.3, -0.25) is 10.1 Å². The largest absolute Gasteiger partial charge is 0.383 e. The molecule has 2 aromatic carbocycles. The Hall–Kier alpha value is -1.47. The van der Waals surface area contributed by atoms with Gasteiger partial charge in [0.2, 0.25) is 0 Å². The molecule has 0 aliphatic rings. The summed E-state index contributed by atoms with van der Waals surface area (Å²) in [4.78, 5) is 11.4. The highest BCUT2D eigenvalue weighted by molar-refractivity contribution is 7.98. The summed E-state index contributed by atoms with van der Waals surface area (Å²) in [5, 5.41) is 17.5. The van der Waals surface area contributed by atoms with E-state index in [2.05, 4.69) is 41.2 Å². The molecule has 0 radical (unpaired) electrons. The molecule has 0 aliphatic carbocycles. The lowest BCUT2D eigenvalue weighted by Crippen LogP contribution is -2.21. The molecule has 0 saturated carbocycles. The summed E-state index contributed by atoms with van der Waals surface area (Å²) in [5.41, 5.74) is 1.92. The van der Waals surface area contributed by atoms with Gasteiger partial charge in [0.25, 0.3) is 5.69 Å². The molecule has 130 valence electrons. The van der Waals surface area contributed by atoms with Crippen molar-refractivity contribution in [3.63, 3.8) is 0 Å². The van der Waals surface area contributed by atoms with Crippen LogP contribution in [-0.4, -0.2) is 24.3 Å². The number of nitro groups is 1. The van der Waals surface area contributed by atoms with E-state index in [-0.39, 0.29) is 18.1 Å². The first-order valence-electron chi connectivity index (χ1n) is 7.11. The molecule has 0 spiro atoms. The van der Waals surface area contributed by atoms with Crippen molar-refractivity contribution < 1.29 is 4.92 Å². The molecular formula is C16H19Cl2N3O2S. The number of benzene rings is 2. The van der Waals surface area contributed by atoms with Crippen molar-refractivity contribution in [1.82, 2.24) is 5.32 Å². The number of hydrogen-bond acceptors (Lipinski definition) is 5. The molecule has 0 atom stereocenters. The van der Waals surface area contributed by atoms with Gasteiger partial charge in [0.1, 0.15) is 0 Å². The maximum atomic E-state index is 10.7. The van der Waals surface area contributed by atoms with Crippen molar-refractivity contribution in [2.75, 3.05) is 24.7 Å². The zero-order valence-electron chi connectivity index (χ0n) is 13.1. The first-order valence-corrected chi connectivity index (χ1v) is 8.72. The third-order valence-electron chi connectivity index (χ3n) is 3.27. The van der Waals surface area contributed by atoms with E-state index in [1.807, 2.05) is 0 Å². The summed E-state index contributed by atoms with van der Waals surface area (Å²) in [7, 11) is 0. The Bertz CT molecular complexity index is 669. The Morgan fingerprint density at radius 2 is 1.88 bits per heavy atom. The number of anilines is 1. The lowest BCUT2D eigenvalue weighted by molar-refractivity contribution is -0.384. The average Bonchev–Trinajstić information content (AvgIpc) is 2.56. The van der Waals surface area contributed by atoms with Crippen LogP contribution < -0.4 is 10.6 Å². The molecule has 24 heavy (non-hydrogen) atoms. The summed E-state index contributed by atoms with van der Waals surface area (Å²) >= 11 is 7.75. The Morgan fingerprint density at radius 3 is 2.46 bits per heavy atom. The smallest absolute Gasteiger partial charge is 0.271 e. The predicted molar refractivity (Wildman–Crippen MR) is 104 cm³/mol. The highest BCUT2D eigenvalue weighted by atomic mass is 35.5. The second-order valence-electron chi connectivity index (χ2n) is 4.87. The Labute approximate surface area is 156 Å². The normalized spacial score (nSPS) is 10.1. The van der Waals surface area contributed by atoms with Crippen LogP contribution in [0.3, 0.4) is 0 Å². The van der Waals surface area contributed by atoms with Gasteiger partial charge in [0.05, 0.1) is 15.6 Å². The van der Waals surface area contributed by atoms with Gasteiger partial charge in [0.15, 0.2) is 0 Å². The fourth-order valence-corrected chi connectivity index (χ4v) is 2.67. The Morgan fingerprint density at radius 1 is 1.17 bits per heavy atom. The van der Waals surface area contributed by atoms with Crippen LogP contribution in [0.15, 0.2) is 47.4 Å². The maximum absolute atomic E-state index is 10.7. The van der Waals surface area contributed by atoms with Gasteiger partial charge in [0, 0.05) is 36.7 Å². The number of hydrogen-bond donors (Lipinski definition) is 2. The van der Waals surface area contributed by atoms with Gasteiger partial charge in [-0.2, -0.15) is 0 Å². The topological polar surface area (TPSA) is 67.2 Å². The molecule has 0 saturated heterocycles. The summed E-state index contributed by atoms with van der Waals surface area (Å²) < 4.78 is 0. The van der Waals surface area contributed by atoms with Crippen LogP contribution in [0.5, 0.6) is 0 Å². The van der Waals surface area contributed by atoms with Crippen LogP contribution in [0.4, 0.5) is 11.4 Å². The van der Waals surface area contributed by atoms with E-state index in [0.717, 1.165) is 13.1 Å². The standard InChI is InChI=1S/C16H18ClN3O2S.ClH/c1-23-14-5-2-12(3-6-14)11-18-8-9-19-16-7-4-13(20(21)22)10-15(16)17;/h2-7,10,18-19H,8-9,11H2,1H3;1H. The van der Waals surface area contributed by atoms with Gasteiger partial charge < -0.3 is 10.6 Å². The molecule has 8 heteroatoms. The molecular weight excluding hydrogens is 369 g/mol. The van der Waals surface area contributed by atoms with Crippen LogP contribution in [0.2, 0.25) is 5.02 Å². The SMILES string of the molecule is CSc1ccc(CNCCNc2ccc([N+](=O)[O-])cc2Cl)cc1.Cl. The number of nitrogens with zero attached hydrogens (tertiary/aromatic N) is 1. The highest BCUT2D eigenvalue weighted by Gasteiger charge is 2.08. The zero-order valence-corrected chi connectivity index (χ0v) is 15.5. The van der Waals surface area contributed by atoms with E-state index >= 15 is 0 Å². The molecule has 0 bridgehead atoms. The minimum absolute atomic E-state index is 0. The molecule has 2 rings (SSSR count). The molecule has 2 N–H and O–H groups in total. The quantitative estimate of drug-likeness (QED) is 0.300. The maximum Gasteiger partial charge on any atom is 0.271 e. The molecule has 0 heterocycles. The monoisotopic (exact) mass is 387 g/mol. The first kappa shape index (κ1) is 20.6. The second kappa shape index (κ2) is 10.4. The fraction of sp³-hybridized carbons (Fsp3) is 0.250. The van der Waals surface area contributed by atoms with Crippen molar-refractivity contribution in [3.8, 4) is 0 Å². The van der Waals surface area contributed by atoms with E-state index in [0.29, 0.717) is 17.3 Å². The van der Waals surface area contributed by atoms with Crippen LogP contribution in [0.25, 0.3) is 0 Å². The Balaban J connectivity index is 0.00000288. The number of thioether (sulfide) groups is 1. The van der Waals surface area contributed by atoms with Crippen molar-refractivity contribution in [3.05, 3.63) is 63.2 Å². The molecule has 2 aromatic rings. The highest BCUT2D eigenvalue weighted by Crippen LogP contribution is 2.26. The lowest BCUT2D eigenvalue weighted by atomic mass is 10.2. The zero-order chi connectivity index (χ0) is 16.7. The number of non-ortho nitro benzene ring substituents is 1. The minimum Gasteiger partial charge on any atom is -0.383 e. The minimum atomic E-state index is -0.459. The Kier molecular flexibility index (Phi) is 8.92. The van der Waals surface area contributed by atoms with E-state index in [4.69, 9.17) is 11.6 Å². The van der Waals surface area contributed by atoms with Gasteiger partial charge in [-0.05, 0) is 30.0 Å². The van der Waals surface area contributed by atoms with Crippen LogP contribution >= 0.6 is 35.8 Å². The number of rotatable bonds is 8. The van der Waals surface area contributed by atoms with Crippen LogP contribution in [0.1, 0.15) is 5.56 Å². The summed E-state index contributed by atoms with van der Waals surface area (Å²) in [5.74, 6) is 0. The molecule has 0 fully saturated rings. The van der Waals surface area contributed by atoms with E-state index < -0.39 is 4.92 Å². The molecule has 0 amide bonds. The third-order valence-corrected chi connectivity index (χ3v) is 4.33. The summed E-state index contributed by atoms with van der Waals surface area (Å²) in [6.07, 6.45) is 2.06. The van der Waals surface area contributed by atoms with E-state index in [1.165, 1.54) is 22.6 Å². The van der Waals surface area contributed by atoms with Gasteiger partial charge in [-0.15, -0.1) is 24.2 Å². The first-order chi connectivity index (χ1) is 11.1. The van der Waals surface area contributed by atoms with Crippen molar-refractivity contribution in [1.29, 1.82) is 0 Å². The molecule has 0 unspecified atom stereocenters. The van der Waals surface area contributed by atoms with Crippen LogP contribution in [-0.2, 0) is 6.54 Å². The average molecular weight is 388 g/mol.